The van der Waals surface area contributed by atoms with Gasteiger partial charge in [-0.1, -0.05) is 0 Å². The Morgan fingerprint density at radius 1 is 0.615 bits per heavy atom. The van der Waals surface area contributed by atoms with E-state index in [9.17, 15) is 3.02 Å². The molecule has 0 aliphatic rings. The van der Waals surface area contributed by atoms with Crippen LogP contribution in [0.5, 0.6) is 0 Å². The van der Waals surface area contributed by atoms with Crippen LogP contribution in [-0.4, -0.2) is 21.6 Å². The number of rotatable bonds is 3. The van der Waals surface area contributed by atoms with E-state index in [2.05, 4.69) is 84.0 Å². The van der Waals surface area contributed by atoms with E-state index in [4.69, 9.17) is 0 Å². The van der Waals surface area contributed by atoms with Crippen molar-refractivity contribution in [2.24, 2.45) is 0 Å². The number of hydrogen-bond acceptors (Lipinski definition) is 1. The Morgan fingerprint density at radius 3 is 1.27 bits per heavy atom. The Morgan fingerprint density at radius 2 is 0.962 bits per heavy atom. The van der Waals surface area contributed by atoms with Gasteiger partial charge in [0.05, 0.1) is 0 Å². The van der Waals surface area contributed by atoms with Gasteiger partial charge in [0.1, 0.15) is 0 Å². The molecule has 0 saturated heterocycles. The molecule has 0 fully saturated rings. The predicted molar refractivity (Wildman–Crippen MR) is 112 cm³/mol. The first-order chi connectivity index (χ1) is 12.3. The molecule has 0 radical (unpaired) electrons. The first-order valence-electron chi connectivity index (χ1n) is 8.96. The van der Waals surface area contributed by atoms with Crippen molar-refractivity contribution in [1.82, 2.24) is 0 Å². The molecule has 0 atom stereocenters. The van der Waals surface area contributed by atoms with Crippen molar-refractivity contribution in [3.8, 4) is 22.3 Å². The van der Waals surface area contributed by atoms with Crippen LogP contribution in [0.15, 0.2) is 42.5 Å². The summed E-state index contributed by atoms with van der Waals surface area (Å²) in [6, 6.07) is 15.2. The van der Waals surface area contributed by atoms with Crippen LogP contribution < -0.4 is 3.51 Å². The molecule has 3 rings (SSSR count). The minimum absolute atomic E-state index is 1.05. The van der Waals surface area contributed by atoms with Gasteiger partial charge in [0.15, 0.2) is 0 Å². The summed E-state index contributed by atoms with van der Waals surface area (Å²) < 4.78 is 13.5. The molecule has 3 aromatic rings. The van der Waals surface area contributed by atoms with Crippen molar-refractivity contribution in [2.45, 2.75) is 41.5 Å². The molecule has 3 aromatic carbocycles. The zero-order valence-corrected chi connectivity index (χ0v) is 18.9. The summed E-state index contributed by atoms with van der Waals surface area (Å²) in [5.74, 6) is 0. The molecular formula is C24H25OSb. The van der Waals surface area contributed by atoms with E-state index in [1.807, 2.05) is 0 Å². The molecule has 2 heteroatoms. The summed E-state index contributed by atoms with van der Waals surface area (Å²) in [5, 5.41) is 0. The summed E-state index contributed by atoms with van der Waals surface area (Å²) in [6.07, 6.45) is 0. The van der Waals surface area contributed by atoms with Crippen molar-refractivity contribution in [1.29, 1.82) is 0 Å². The Balaban J connectivity index is 2.34. The van der Waals surface area contributed by atoms with Gasteiger partial charge < -0.3 is 0 Å². The molecule has 0 bridgehead atoms. The average molecular weight is 451 g/mol. The number of hydrogen-bond donors (Lipinski definition) is 0. The molecule has 1 nitrogen and oxygen atoms in total. The van der Waals surface area contributed by atoms with Gasteiger partial charge in [0, 0.05) is 0 Å². The SMILES string of the molecule is Cc1cc(C)c(-c2cccc(-c3c(C)cc(C)cc3C)[c]2[Sb]=[O])c(C)c1. The van der Waals surface area contributed by atoms with E-state index in [-0.39, 0.29) is 0 Å². The fourth-order valence-corrected chi connectivity index (χ4v) is 5.88. The minimum atomic E-state index is -1.70. The van der Waals surface area contributed by atoms with Crippen LogP contribution in [0, 0.1) is 41.5 Å². The van der Waals surface area contributed by atoms with Crippen molar-refractivity contribution in [3.63, 3.8) is 0 Å². The number of aryl methyl sites for hydroxylation is 6. The van der Waals surface area contributed by atoms with Crippen LogP contribution in [0.4, 0.5) is 0 Å². The van der Waals surface area contributed by atoms with Crippen LogP contribution >= 0.6 is 0 Å². The van der Waals surface area contributed by atoms with E-state index in [0.717, 1.165) is 14.6 Å². The second-order valence-corrected chi connectivity index (χ2v) is 9.14. The summed E-state index contributed by atoms with van der Waals surface area (Å²) in [6.45, 7) is 12.9. The van der Waals surface area contributed by atoms with Gasteiger partial charge in [-0.3, -0.25) is 0 Å². The van der Waals surface area contributed by atoms with E-state index in [0.29, 0.717) is 0 Å². The molecule has 132 valence electrons. The molecular weight excluding hydrogens is 426 g/mol. The second-order valence-electron chi connectivity index (χ2n) is 7.34. The van der Waals surface area contributed by atoms with Gasteiger partial charge in [-0.25, -0.2) is 0 Å². The van der Waals surface area contributed by atoms with Crippen LogP contribution in [0.1, 0.15) is 33.4 Å². The monoisotopic (exact) mass is 450 g/mol. The molecule has 0 aromatic heterocycles. The fraction of sp³-hybridized carbons (Fsp3) is 0.250. The average Bonchev–Trinajstić information content (AvgIpc) is 2.53. The van der Waals surface area contributed by atoms with Gasteiger partial charge in [0.2, 0.25) is 0 Å². The molecule has 0 aliphatic heterocycles. The zero-order valence-electron chi connectivity index (χ0n) is 16.4. The van der Waals surface area contributed by atoms with Gasteiger partial charge in [-0.15, -0.1) is 0 Å². The van der Waals surface area contributed by atoms with E-state index >= 15 is 0 Å². The van der Waals surface area contributed by atoms with E-state index in [1.54, 1.807) is 0 Å². The summed E-state index contributed by atoms with van der Waals surface area (Å²) in [5.41, 5.74) is 12.3. The Kier molecular flexibility index (Phi) is 5.49. The van der Waals surface area contributed by atoms with Crippen LogP contribution in [0.3, 0.4) is 0 Å². The van der Waals surface area contributed by atoms with Crippen LogP contribution in [0.25, 0.3) is 22.3 Å². The van der Waals surface area contributed by atoms with Gasteiger partial charge in [0.25, 0.3) is 0 Å². The Hall–Kier alpha value is -1.72. The Labute approximate surface area is 167 Å². The van der Waals surface area contributed by atoms with Crippen molar-refractivity contribution >= 4 is 25.1 Å². The third kappa shape index (κ3) is 3.42. The maximum atomic E-state index is 12.4. The van der Waals surface area contributed by atoms with Gasteiger partial charge >= 0.3 is 168 Å². The van der Waals surface area contributed by atoms with Crippen LogP contribution in [0.2, 0.25) is 0 Å². The van der Waals surface area contributed by atoms with Crippen molar-refractivity contribution in [2.75, 3.05) is 0 Å². The topological polar surface area (TPSA) is 17.1 Å². The molecule has 0 N–H and O–H groups in total. The molecule has 0 heterocycles. The Bertz CT molecular complexity index is 893. The predicted octanol–water partition coefficient (Wildman–Crippen LogP) is 5.55. The van der Waals surface area contributed by atoms with Crippen LogP contribution in [-0.2, 0) is 3.02 Å². The number of benzene rings is 3. The zero-order chi connectivity index (χ0) is 19.0. The third-order valence-corrected chi connectivity index (χ3v) is 6.92. The van der Waals surface area contributed by atoms with E-state index < -0.39 is 21.6 Å². The fourth-order valence-electron chi connectivity index (χ4n) is 4.26. The standard InChI is InChI=1S/C24H25.O.Sb/c1-15-10-17(3)23(18(4)11-15)21-8-7-9-22(14-21)24-19(5)12-16(2)13-20(24)6;;/h7-13H,1-6H3;;. The third-order valence-electron chi connectivity index (χ3n) is 5.02. The van der Waals surface area contributed by atoms with Gasteiger partial charge in [-0.05, 0) is 0 Å². The normalized spacial score (nSPS) is 10.8. The second kappa shape index (κ2) is 7.49. The first-order valence-corrected chi connectivity index (χ1v) is 11.3. The molecule has 26 heavy (non-hydrogen) atoms. The van der Waals surface area contributed by atoms with Crippen molar-refractivity contribution in [3.05, 3.63) is 75.8 Å². The summed E-state index contributed by atoms with van der Waals surface area (Å²) in [4.78, 5) is 0. The first kappa shape index (κ1) is 19.1. The van der Waals surface area contributed by atoms with E-state index in [1.165, 1.54) is 44.5 Å². The van der Waals surface area contributed by atoms with Crippen molar-refractivity contribution < 1.29 is 3.02 Å². The summed E-state index contributed by atoms with van der Waals surface area (Å²) >= 11 is -1.70. The molecule has 0 amide bonds. The van der Waals surface area contributed by atoms with Gasteiger partial charge in [-0.2, -0.15) is 0 Å². The molecule has 0 aliphatic carbocycles. The molecule has 0 saturated carbocycles. The molecule has 0 unspecified atom stereocenters. The summed E-state index contributed by atoms with van der Waals surface area (Å²) in [7, 11) is 0. The quantitative estimate of drug-likeness (QED) is 0.478. The molecule has 0 spiro atoms. The maximum absolute atomic E-state index is 12.4.